The summed E-state index contributed by atoms with van der Waals surface area (Å²) >= 11 is 6.14. The Morgan fingerprint density at radius 2 is 2.31 bits per heavy atom. The van der Waals surface area contributed by atoms with Crippen LogP contribution in [0.15, 0.2) is 5.16 Å². The van der Waals surface area contributed by atoms with E-state index in [4.69, 9.17) is 16.8 Å². The first kappa shape index (κ1) is 10.8. The molecule has 0 aromatic heterocycles. The summed E-state index contributed by atoms with van der Waals surface area (Å²) in [6.45, 7) is 3.61. The largest absolute Gasteiger partial charge is 0.411 e. The van der Waals surface area contributed by atoms with E-state index in [1.54, 1.807) is 6.92 Å². The van der Waals surface area contributed by atoms with Crippen molar-refractivity contribution in [1.82, 2.24) is 0 Å². The lowest BCUT2D eigenvalue weighted by molar-refractivity contribution is 0.115. The first-order chi connectivity index (χ1) is 5.97. The fourth-order valence-corrected chi connectivity index (χ4v) is 1.94. The zero-order valence-corrected chi connectivity index (χ0v) is 8.75. The molecule has 0 spiro atoms. The third-order valence-corrected chi connectivity index (χ3v) is 3.25. The first-order valence-corrected chi connectivity index (χ1v) is 4.93. The molecule has 0 amide bonds. The lowest BCUT2D eigenvalue weighted by atomic mass is 9.78. The summed E-state index contributed by atoms with van der Waals surface area (Å²) < 4.78 is 0. The standard InChI is InChI=1S/C9H16ClNO2/c1-6(12)7-3-4-9(2,10)8(5-7)11-13/h6-7,12-13H,3-5H2,1-2H3/b11-8-. The van der Waals surface area contributed by atoms with Crippen molar-refractivity contribution in [3.63, 3.8) is 0 Å². The molecule has 3 atom stereocenters. The molecule has 3 nitrogen and oxygen atoms in total. The van der Waals surface area contributed by atoms with E-state index in [1.807, 2.05) is 6.92 Å². The predicted molar refractivity (Wildman–Crippen MR) is 52.5 cm³/mol. The number of hydrogen-bond donors (Lipinski definition) is 2. The van der Waals surface area contributed by atoms with E-state index < -0.39 is 4.87 Å². The second-order valence-corrected chi connectivity index (χ2v) is 4.82. The van der Waals surface area contributed by atoms with Gasteiger partial charge in [-0.3, -0.25) is 0 Å². The van der Waals surface area contributed by atoms with Gasteiger partial charge in [-0.2, -0.15) is 0 Å². The van der Waals surface area contributed by atoms with Crippen LogP contribution in [-0.2, 0) is 0 Å². The van der Waals surface area contributed by atoms with E-state index in [0.717, 1.165) is 12.8 Å². The predicted octanol–water partition coefficient (Wildman–Crippen LogP) is 1.99. The minimum atomic E-state index is -0.528. The van der Waals surface area contributed by atoms with E-state index in [9.17, 15) is 5.11 Å². The molecule has 0 bridgehead atoms. The molecule has 0 heterocycles. The Hall–Kier alpha value is -0.280. The fraction of sp³-hybridized carbons (Fsp3) is 0.889. The Kier molecular flexibility index (Phi) is 3.19. The Balaban J connectivity index is 2.70. The van der Waals surface area contributed by atoms with Gasteiger partial charge in [-0.05, 0) is 39.0 Å². The second kappa shape index (κ2) is 3.84. The molecule has 0 radical (unpaired) electrons. The molecular formula is C9H16ClNO2. The summed E-state index contributed by atoms with van der Waals surface area (Å²) in [7, 11) is 0. The molecular weight excluding hydrogens is 190 g/mol. The van der Waals surface area contributed by atoms with Gasteiger partial charge in [0.05, 0.1) is 16.7 Å². The third kappa shape index (κ3) is 2.35. The van der Waals surface area contributed by atoms with Crippen LogP contribution >= 0.6 is 11.6 Å². The molecule has 0 saturated heterocycles. The molecule has 4 heteroatoms. The van der Waals surface area contributed by atoms with Crippen LogP contribution in [0.4, 0.5) is 0 Å². The Labute approximate surface area is 83.4 Å². The van der Waals surface area contributed by atoms with Crippen molar-refractivity contribution in [2.45, 2.75) is 44.1 Å². The Bertz CT molecular complexity index is 214. The van der Waals surface area contributed by atoms with Crippen LogP contribution in [0.1, 0.15) is 33.1 Å². The number of rotatable bonds is 1. The van der Waals surface area contributed by atoms with Crippen LogP contribution in [0.3, 0.4) is 0 Å². The van der Waals surface area contributed by atoms with Gasteiger partial charge in [0.2, 0.25) is 0 Å². The van der Waals surface area contributed by atoms with E-state index in [1.165, 1.54) is 0 Å². The summed E-state index contributed by atoms with van der Waals surface area (Å²) in [6, 6.07) is 0. The van der Waals surface area contributed by atoms with Crippen LogP contribution in [0.25, 0.3) is 0 Å². The maximum absolute atomic E-state index is 9.38. The molecule has 1 fully saturated rings. The SMILES string of the molecule is CC(O)C1CCC(C)(Cl)/C(=N\O)C1. The quantitative estimate of drug-likeness (QED) is 0.391. The number of oxime groups is 1. The topological polar surface area (TPSA) is 52.8 Å². The van der Waals surface area contributed by atoms with Crippen LogP contribution in [0.2, 0.25) is 0 Å². The summed E-state index contributed by atoms with van der Waals surface area (Å²) in [5, 5.41) is 21.3. The highest BCUT2D eigenvalue weighted by atomic mass is 35.5. The number of hydrogen-bond acceptors (Lipinski definition) is 3. The number of halogens is 1. The molecule has 1 aliphatic rings. The van der Waals surface area contributed by atoms with Crippen molar-refractivity contribution in [3.05, 3.63) is 0 Å². The van der Waals surface area contributed by atoms with Gasteiger partial charge in [-0.1, -0.05) is 5.16 Å². The normalized spacial score (nSPS) is 40.6. The van der Waals surface area contributed by atoms with Crippen LogP contribution in [-0.4, -0.2) is 27.0 Å². The average molecular weight is 206 g/mol. The summed E-state index contributed by atoms with van der Waals surface area (Å²) in [5.74, 6) is 0.178. The molecule has 0 aromatic rings. The van der Waals surface area contributed by atoms with Gasteiger partial charge in [0.15, 0.2) is 0 Å². The molecule has 3 unspecified atom stereocenters. The first-order valence-electron chi connectivity index (χ1n) is 4.56. The molecule has 1 saturated carbocycles. The maximum Gasteiger partial charge on any atom is 0.0832 e. The zero-order chi connectivity index (χ0) is 10.1. The molecule has 2 N–H and O–H groups in total. The minimum Gasteiger partial charge on any atom is -0.411 e. The Morgan fingerprint density at radius 1 is 1.69 bits per heavy atom. The molecule has 1 rings (SSSR count). The van der Waals surface area contributed by atoms with Gasteiger partial charge in [-0.15, -0.1) is 11.6 Å². The van der Waals surface area contributed by atoms with Crippen LogP contribution < -0.4 is 0 Å². The molecule has 1 aliphatic carbocycles. The van der Waals surface area contributed by atoms with Crippen molar-refractivity contribution >= 4 is 17.3 Å². The van der Waals surface area contributed by atoms with Crippen molar-refractivity contribution < 1.29 is 10.3 Å². The molecule has 0 aliphatic heterocycles. The van der Waals surface area contributed by atoms with E-state index in [-0.39, 0.29) is 12.0 Å². The van der Waals surface area contributed by atoms with Crippen LogP contribution in [0, 0.1) is 5.92 Å². The minimum absolute atomic E-state index is 0.178. The van der Waals surface area contributed by atoms with Gasteiger partial charge in [0, 0.05) is 0 Å². The van der Waals surface area contributed by atoms with E-state index in [0.29, 0.717) is 12.1 Å². The lowest BCUT2D eigenvalue weighted by Gasteiger charge is -2.34. The summed E-state index contributed by atoms with van der Waals surface area (Å²) in [4.78, 5) is -0.528. The van der Waals surface area contributed by atoms with Crippen molar-refractivity contribution in [2.24, 2.45) is 11.1 Å². The second-order valence-electron chi connectivity index (χ2n) is 3.99. The number of aliphatic hydroxyl groups excluding tert-OH is 1. The molecule has 76 valence electrons. The summed E-state index contributed by atoms with van der Waals surface area (Å²) in [6.07, 6.45) is 1.87. The number of nitrogens with zero attached hydrogens (tertiary/aromatic N) is 1. The Morgan fingerprint density at radius 3 is 2.77 bits per heavy atom. The average Bonchev–Trinajstić information content (AvgIpc) is 2.03. The zero-order valence-electron chi connectivity index (χ0n) is 8.00. The van der Waals surface area contributed by atoms with Crippen LogP contribution in [0.5, 0.6) is 0 Å². The van der Waals surface area contributed by atoms with Gasteiger partial charge < -0.3 is 10.3 Å². The molecule has 13 heavy (non-hydrogen) atoms. The number of aliphatic hydroxyl groups is 1. The van der Waals surface area contributed by atoms with Gasteiger partial charge in [0.25, 0.3) is 0 Å². The summed E-state index contributed by atoms with van der Waals surface area (Å²) in [5.41, 5.74) is 0.589. The highest BCUT2D eigenvalue weighted by Crippen LogP contribution is 2.35. The number of alkyl halides is 1. The van der Waals surface area contributed by atoms with Gasteiger partial charge >= 0.3 is 0 Å². The van der Waals surface area contributed by atoms with E-state index in [2.05, 4.69) is 5.16 Å². The maximum atomic E-state index is 9.38. The highest BCUT2D eigenvalue weighted by Gasteiger charge is 2.37. The van der Waals surface area contributed by atoms with Crippen molar-refractivity contribution in [1.29, 1.82) is 0 Å². The van der Waals surface area contributed by atoms with Crippen molar-refractivity contribution in [2.75, 3.05) is 0 Å². The fourth-order valence-electron chi connectivity index (χ4n) is 1.72. The highest BCUT2D eigenvalue weighted by molar-refractivity contribution is 6.36. The monoisotopic (exact) mass is 205 g/mol. The van der Waals surface area contributed by atoms with E-state index >= 15 is 0 Å². The lowest BCUT2D eigenvalue weighted by Crippen LogP contribution is -2.38. The smallest absolute Gasteiger partial charge is 0.0832 e. The third-order valence-electron chi connectivity index (χ3n) is 2.84. The van der Waals surface area contributed by atoms with Gasteiger partial charge in [0.1, 0.15) is 0 Å². The van der Waals surface area contributed by atoms with Crippen molar-refractivity contribution in [3.8, 4) is 0 Å². The van der Waals surface area contributed by atoms with Gasteiger partial charge in [-0.25, -0.2) is 0 Å². The molecule has 0 aromatic carbocycles.